The summed E-state index contributed by atoms with van der Waals surface area (Å²) >= 11 is 0. The minimum absolute atomic E-state index is 0. The van der Waals surface area contributed by atoms with Crippen LogP contribution in [0.15, 0.2) is 116 Å². The number of rotatable bonds is 3. The van der Waals surface area contributed by atoms with Gasteiger partial charge in [0.05, 0.1) is 5.52 Å². The van der Waals surface area contributed by atoms with E-state index in [4.69, 9.17) is 4.11 Å². The summed E-state index contributed by atoms with van der Waals surface area (Å²) in [6.45, 7) is -2.26. The molecule has 0 atom stereocenters. The summed E-state index contributed by atoms with van der Waals surface area (Å²) in [7, 11) is 0. The fraction of sp³-hybridized carbons (Fsp3) is 0.0323. The molecular formula is C31H22IrN4-2. The number of hydrogen-bond acceptors (Lipinski definition) is 4. The molecule has 0 aliphatic heterocycles. The van der Waals surface area contributed by atoms with E-state index < -0.39 is 6.85 Å². The molecule has 36 heavy (non-hydrogen) atoms. The van der Waals surface area contributed by atoms with Crippen molar-refractivity contribution < 1.29 is 24.2 Å². The predicted molar refractivity (Wildman–Crippen MR) is 140 cm³/mol. The van der Waals surface area contributed by atoms with Gasteiger partial charge in [-0.05, 0) is 42.0 Å². The van der Waals surface area contributed by atoms with Crippen molar-refractivity contribution in [2.45, 2.75) is 6.85 Å². The minimum atomic E-state index is -2.26. The van der Waals surface area contributed by atoms with Crippen LogP contribution in [-0.2, 0) is 20.1 Å². The van der Waals surface area contributed by atoms with Crippen LogP contribution in [0.1, 0.15) is 9.81 Å². The molecule has 1 radical (unpaired) electrons. The zero-order valence-corrected chi connectivity index (χ0v) is 21.5. The summed E-state index contributed by atoms with van der Waals surface area (Å²) < 4.78 is 22.5. The Morgan fingerprint density at radius 3 is 2.33 bits per heavy atom. The van der Waals surface area contributed by atoms with Gasteiger partial charge >= 0.3 is 0 Å². The van der Waals surface area contributed by atoms with Gasteiger partial charge in [0.2, 0.25) is 0 Å². The number of aryl methyl sites for hydroxylation is 1. The molecule has 5 heteroatoms. The Balaban J connectivity index is 0.000000228. The van der Waals surface area contributed by atoms with E-state index in [0.29, 0.717) is 5.69 Å². The molecule has 0 bridgehead atoms. The monoisotopic (exact) mass is 646 g/mol. The van der Waals surface area contributed by atoms with E-state index in [-0.39, 0.29) is 25.8 Å². The molecule has 0 fully saturated rings. The van der Waals surface area contributed by atoms with E-state index in [2.05, 4.69) is 32.1 Å². The quantitative estimate of drug-likeness (QED) is 0.194. The van der Waals surface area contributed by atoms with Gasteiger partial charge < -0.3 is 4.98 Å². The summed E-state index contributed by atoms with van der Waals surface area (Å²) in [4.78, 5) is 16.7. The Bertz CT molecular complexity index is 1620. The van der Waals surface area contributed by atoms with E-state index in [1.165, 1.54) is 12.4 Å². The van der Waals surface area contributed by atoms with Crippen LogP contribution in [-0.4, -0.2) is 19.9 Å². The second-order valence-electron chi connectivity index (χ2n) is 7.68. The first-order valence-electron chi connectivity index (χ1n) is 12.6. The van der Waals surface area contributed by atoms with Crippen LogP contribution < -0.4 is 0 Å². The number of pyridine rings is 2. The Morgan fingerprint density at radius 1 is 0.639 bits per heavy atom. The molecule has 0 amide bonds. The molecule has 177 valence electrons. The van der Waals surface area contributed by atoms with Gasteiger partial charge in [-0.15, -0.1) is 71.3 Å². The molecule has 3 heterocycles. The topological polar surface area (TPSA) is 51.6 Å². The molecule has 0 spiro atoms. The van der Waals surface area contributed by atoms with Crippen LogP contribution in [0.5, 0.6) is 0 Å². The first-order chi connectivity index (χ1) is 18.5. The molecule has 6 aromatic rings. The molecule has 0 saturated carbocycles. The first-order valence-corrected chi connectivity index (χ1v) is 11.1. The standard InChI is InChI=1S/C20H14N3.C11H8N.Ir/c1-14-10-19(23-13-22-14)18-5-2-4-16(11-18)17-8-7-15-6-3-9-21-20(15)12-17;1-2-6-10(7-3-1)11-8-4-5-9-12-11;/h2-4,6-13H,1H3;1-6,8-9H;/q2*-1;/i1D3;;. The number of hydrogen-bond donors (Lipinski definition) is 0. The van der Waals surface area contributed by atoms with Crippen molar-refractivity contribution >= 4 is 10.9 Å². The van der Waals surface area contributed by atoms with Crippen LogP contribution in [0.3, 0.4) is 0 Å². The SMILES string of the molecule is [2H]C([2H])([2H])c1cc(-c2[c-]ccc(-c3ccc4cccnc4c3)c2)ncn1.[Ir].[c-]1ccccc1-c1ccccn1. The minimum Gasteiger partial charge on any atom is -0.305 e. The second-order valence-corrected chi connectivity index (χ2v) is 7.68. The van der Waals surface area contributed by atoms with Gasteiger partial charge in [0.15, 0.2) is 0 Å². The molecule has 6 rings (SSSR count). The van der Waals surface area contributed by atoms with Gasteiger partial charge in [0.1, 0.15) is 6.33 Å². The summed E-state index contributed by atoms with van der Waals surface area (Å²) in [5.74, 6) is 0. The van der Waals surface area contributed by atoms with E-state index >= 15 is 0 Å². The van der Waals surface area contributed by atoms with Crippen LogP contribution >= 0.6 is 0 Å². The average Bonchev–Trinajstić information content (AvgIpc) is 2.98. The largest absolute Gasteiger partial charge is 0.305 e. The van der Waals surface area contributed by atoms with Gasteiger partial charge in [-0.2, -0.15) is 0 Å². The maximum Gasteiger partial charge on any atom is 0.105 e. The number of fused-ring (bicyclic) bond motifs is 1. The average molecular weight is 646 g/mol. The maximum atomic E-state index is 7.51. The Hall–Kier alpha value is -4.05. The fourth-order valence-corrected chi connectivity index (χ4v) is 3.62. The Morgan fingerprint density at radius 2 is 1.50 bits per heavy atom. The van der Waals surface area contributed by atoms with E-state index in [0.717, 1.165) is 38.9 Å². The molecule has 3 aromatic carbocycles. The molecule has 0 aliphatic rings. The maximum absolute atomic E-state index is 7.51. The molecule has 3 aromatic heterocycles. The van der Waals surface area contributed by atoms with Crippen molar-refractivity contribution in [2.24, 2.45) is 0 Å². The summed E-state index contributed by atoms with van der Waals surface area (Å²) in [5, 5.41) is 1.08. The van der Waals surface area contributed by atoms with Crippen LogP contribution in [0.2, 0.25) is 0 Å². The van der Waals surface area contributed by atoms with Crippen molar-refractivity contribution in [3.63, 3.8) is 0 Å². The van der Waals surface area contributed by atoms with Crippen molar-refractivity contribution in [3.05, 3.63) is 134 Å². The van der Waals surface area contributed by atoms with Gasteiger partial charge in [0, 0.05) is 47.7 Å². The third-order valence-corrected chi connectivity index (χ3v) is 5.33. The summed E-state index contributed by atoms with van der Waals surface area (Å²) in [6, 6.07) is 37.2. The van der Waals surface area contributed by atoms with Gasteiger partial charge in [0.25, 0.3) is 0 Å². The Kier molecular flexibility index (Phi) is 7.13. The van der Waals surface area contributed by atoms with Crippen molar-refractivity contribution in [3.8, 4) is 33.6 Å². The Labute approximate surface area is 228 Å². The molecule has 0 N–H and O–H groups in total. The summed E-state index contributed by atoms with van der Waals surface area (Å²) in [6.07, 6.45) is 4.83. The smallest absolute Gasteiger partial charge is 0.105 e. The van der Waals surface area contributed by atoms with Gasteiger partial charge in [-0.25, -0.2) is 4.98 Å². The third-order valence-electron chi connectivity index (χ3n) is 5.33. The third kappa shape index (κ3) is 6.14. The van der Waals surface area contributed by atoms with Gasteiger partial charge in [-0.1, -0.05) is 36.4 Å². The molecular weight excluding hydrogens is 621 g/mol. The van der Waals surface area contributed by atoms with Gasteiger partial charge in [-0.3, -0.25) is 9.97 Å². The van der Waals surface area contributed by atoms with E-state index in [9.17, 15) is 0 Å². The van der Waals surface area contributed by atoms with E-state index in [1.807, 2.05) is 91.0 Å². The van der Waals surface area contributed by atoms with Crippen molar-refractivity contribution in [1.29, 1.82) is 0 Å². The van der Waals surface area contributed by atoms with Crippen LogP contribution in [0.25, 0.3) is 44.5 Å². The molecule has 0 aliphatic carbocycles. The second kappa shape index (κ2) is 12.1. The first kappa shape index (κ1) is 21.2. The zero-order valence-electron chi connectivity index (χ0n) is 22.1. The molecule has 4 nitrogen and oxygen atoms in total. The van der Waals surface area contributed by atoms with Crippen molar-refractivity contribution in [2.75, 3.05) is 0 Å². The number of nitrogens with zero attached hydrogens (tertiary/aromatic N) is 4. The fourth-order valence-electron chi connectivity index (χ4n) is 3.62. The summed E-state index contributed by atoms with van der Waals surface area (Å²) in [5.41, 5.74) is 6.22. The predicted octanol–water partition coefficient (Wildman–Crippen LogP) is 7.01. The van der Waals surface area contributed by atoms with Crippen LogP contribution in [0.4, 0.5) is 0 Å². The molecule has 0 saturated heterocycles. The normalized spacial score (nSPS) is 11.7. The number of benzene rings is 3. The number of aromatic nitrogens is 4. The van der Waals surface area contributed by atoms with Crippen LogP contribution in [0, 0.1) is 19.0 Å². The molecule has 0 unspecified atom stereocenters. The van der Waals surface area contributed by atoms with E-state index in [1.54, 1.807) is 12.4 Å². The zero-order chi connectivity index (χ0) is 26.4. The van der Waals surface area contributed by atoms with Crippen molar-refractivity contribution in [1.82, 2.24) is 19.9 Å².